The molecule has 0 unspecified atom stereocenters. The Morgan fingerprint density at radius 2 is 2.29 bits per heavy atom. The summed E-state index contributed by atoms with van der Waals surface area (Å²) in [7, 11) is 0. The summed E-state index contributed by atoms with van der Waals surface area (Å²) in [6.07, 6.45) is 8.37. The summed E-state index contributed by atoms with van der Waals surface area (Å²) < 4.78 is 0. The van der Waals surface area contributed by atoms with Crippen LogP contribution in [-0.2, 0) is 0 Å². The highest BCUT2D eigenvalue weighted by molar-refractivity contribution is 5.09. The van der Waals surface area contributed by atoms with Gasteiger partial charge in [-0.25, -0.2) is 0 Å². The molecule has 1 aliphatic rings. The summed E-state index contributed by atoms with van der Waals surface area (Å²) in [6.45, 7) is 2.07. The van der Waals surface area contributed by atoms with E-state index in [9.17, 15) is 0 Å². The Balaban J connectivity index is 1.98. The van der Waals surface area contributed by atoms with Crippen LogP contribution < -0.4 is 0 Å². The maximum atomic E-state index is 2.22. The monoisotopic (exact) mass is 95.1 g/mol. The third kappa shape index (κ3) is 1.77. The molecule has 0 aliphatic heterocycles. The van der Waals surface area contributed by atoms with Crippen LogP contribution >= 0.6 is 0 Å². The quantitative estimate of drug-likeness (QED) is 0.462. The highest BCUT2D eigenvalue weighted by atomic mass is 14.2. The van der Waals surface area contributed by atoms with Gasteiger partial charge in [-0.1, -0.05) is 12.2 Å². The maximum Gasteiger partial charge on any atom is -0.0203 e. The van der Waals surface area contributed by atoms with Crippen LogP contribution in [0.1, 0.15) is 26.2 Å². The number of rotatable bonds is 2. The zero-order chi connectivity index (χ0) is 5.11. The van der Waals surface area contributed by atoms with Crippen LogP contribution in [0.25, 0.3) is 0 Å². The maximum absolute atomic E-state index is 2.22. The Labute approximate surface area is 45.2 Å². The fourth-order valence-corrected chi connectivity index (χ4v) is 0.577. The van der Waals surface area contributed by atoms with Gasteiger partial charge in [-0.3, -0.25) is 0 Å². The summed E-state index contributed by atoms with van der Waals surface area (Å²) in [4.78, 5) is 0. The summed E-state index contributed by atoms with van der Waals surface area (Å²) in [5.74, 6) is 1.72. The van der Waals surface area contributed by atoms with Crippen molar-refractivity contribution in [3.05, 3.63) is 18.1 Å². The van der Waals surface area contributed by atoms with Gasteiger partial charge < -0.3 is 0 Å². The van der Waals surface area contributed by atoms with Gasteiger partial charge in [0.05, 0.1) is 0 Å². The molecule has 0 aromatic carbocycles. The molecule has 0 heteroatoms. The first-order valence-corrected chi connectivity index (χ1v) is 2.88. The summed E-state index contributed by atoms with van der Waals surface area (Å²) >= 11 is 0. The minimum absolute atomic E-state index is 1.25. The average molecular weight is 95.2 g/mol. The molecular formula is C7H11. The SMILES string of the molecule is C/C=C/C[C]1CC1. The van der Waals surface area contributed by atoms with E-state index < -0.39 is 0 Å². The first-order valence-electron chi connectivity index (χ1n) is 2.88. The fraction of sp³-hybridized carbons (Fsp3) is 0.571. The summed E-state index contributed by atoms with van der Waals surface area (Å²) in [5.41, 5.74) is 0. The minimum Gasteiger partial charge on any atom is -0.0916 e. The molecule has 0 amide bonds. The van der Waals surface area contributed by atoms with Crippen LogP contribution in [-0.4, -0.2) is 0 Å². The highest BCUT2D eigenvalue weighted by Gasteiger charge is 2.19. The van der Waals surface area contributed by atoms with Gasteiger partial charge in [0.2, 0.25) is 0 Å². The van der Waals surface area contributed by atoms with Crippen molar-refractivity contribution in [2.45, 2.75) is 26.2 Å². The number of hydrogen-bond acceptors (Lipinski definition) is 0. The molecule has 7 heavy (non-hydrogen) atoms. The molecule has 1 saturated carbocycles. The Morgan fingerprint density at radius 3 is 2.71 bits per heavy atom. The van der Waals surface area contributed by atoms with Gasteiger partial charge in [0.15, 0.2) is 0 Å². The lowest BCUT2D eigenvalue weighted by Crippen LogP contribution is -1.62. The van der Waals surface area contributed by atoms with Gasteiger partial charge in [-0.05, 0) is 32.1 Å². The molecule has 0 atom stereocenters. The fourth-order valence-electron chi connectivity index (χ4n) is 0.577. The smallest absolute Gasteiger partial charge is 0.0203 e. The molecule has 0 nitrogen and oxygen atoms in total. The molecule has 1 fully saturated rings. The van der Waals surface area contributed by atoms with Gasteiger partial charge in [0.1, 0.15) is 0 Å². The zero-order valence-corrected chi connectivity index (χ0v) is 4.78. The van der Waals surface area contributed by atoms with Crippen LogP contribution in [0.5, 0.6) is 0 Å². The van der Waals surface area contributed by atoms with Gasteiger partial charge in [-0.2, -0.15) is 0 Å². The van der Waals surface area contributed by atoms with E-state index in [0.29, 0.717) is 0 Å². The summed E-state index contributed by atoms with van der Waals surface area (Å²) in [6, 6.07) is 0. The van der Waals surface area contributed by atoms with E-state index in [0.717, 1.165) is 0 Å². The van der Waals surface area contributed by atoms with E-state index in [1.165, 1.54) is 19.3 Å². The van der Waals surface area contributed by atoms with Crippen LogP contribution in [0.4, 0.5) is 0 Å². The Hall–Kier alpha value is -0.260. The first kappa shape index (κ1) is 4.89. The van der Waals surface area contributed by atoms with E-state index in [4.69, 9.17) is 0 Å². The van der Waals surface area contributed by atoms with Crippen molar-refractivity contribution >= 4 is 0 Å². The van der Waals surface area contributed by atoms with Crippen LogP contribution in [0.2, 0.25) is 0 Å². The lowest BCUT2D eigenvalue weighted by Gasteiger charge is -1.79. The second kappa shape index (κ2) is 2.15. The first-order chi connectivity index (χ1) is 3.43. The normalized spacial score (nSPS) is 21.3. The van der Waals surface area contributed by atoms with Crippen molar-refractivity contribution in [1.82, 2.24) is 0 Å². The molecular weight excluding hydrogens is 84.1 g/mol. The van der Waals surface area contributed by atoms with Gasteiger partial charge in [0.25, 0.3) is 0 Å². The number of hydrogen-bond donors (Lipinski definition) is 0. The Kier molecular flexibility index (Phi) is 1.50. The molecule has 39 valence electrons. The summed E-state index contributed by atoms with van der Waals surface area (Å²) in [5, 5.41) is 0. The molecule has 0 heterocycles. The van der Waals surface area contributed by atoms with Crippen LogP contribution in [0.15, 0.2) is 12.2 Å². The largest absolute Gasteiger partial charge is 0.0916 e. The molecule has 0 N–H and O–H groups in total. The van der Waals surface area contributed by atoms with E-state index in [-0.39, 0.29) is 0 Å². The molecule has 1 radical (unpaired) electrons. The minimum atomic E-state index is 1.25. The van der Waals surface area contributed by atoms with Gasteiger partial charge in [0, 0.05) is 0 Å². The Bertz CT molecular complexity index is 68.1. The molecule has 1 aliphatic carbocycles. The van der Waals surface area contributed by atoms with Crippen molar-refractivity contribution in [3.8, 4) is 0 Å². The number of allylic oxidation sites excluding steroid dienone is 2. The van der Waals surface area contributed by atoms with Crippen molar-refractivity contribution in [2.75, 3.05) is 0 Å². The molecule has 0 aromatic heterocycles. The van der Waals surface area contributed by atoms with Gasteiger partial charge in [-0.15, -0.1) is 0 Å². The standard InChI is InChI=1S/C7H11/c1-2-3-4-7-5-6-7/h2-3H,4-6H2,1H3/b3-2+. The molecule has 0 spiro atoms. The van der Waals surface area contributed by atoms with Crippen molar-refractivity contribution in [3.63, 3.8) is 0 Å². The Morgan fingerprint density at radius 1 is 1.57 bits per heavy atom. The second-order valence-corrected chi connectivity index (χ2v) is 2.02. The predicted molar refractivity (Wildman–Crippen MR) is 31.9 cm³/mol. The molecule has 0 saturated heterocycles. The van der Waals surface area contributed by atoms with Gasteiger partial charge >= 0.3 is 0 Å². The van der Waals surface area contributed by atoms with E-state index in [1.54, 1.807) is 5.92 Å². The third-order valence-electron chi connectivity index (χ3n) is 1.25. The highest BCUT2D eigenvalue weighted by Crippen LogP contribution is 2.35. The van der Waals surface area contributed by atoms with Crippen molar-refractivity contribution in [2.24, 2.45) is 0 Å². The van der Waals surface area contributed by atoms with E-state index >= 15 is 0 Å². The average Bonchev–Trinajstić information content (AvgIpc) is 2.42. The van der Waals surface area contributed by atoms with Crippen LogP contribution in [0, 0.1) is 5.92 Å². The van der Waals surface area contributed by atoms with Crippen LogP contribution in [0.3, 0.4) is 0 Å². The second-order valence-electron chi connectivity index (χ2n) is 2.02. The van der Waals surface area contributed by atoms with E-state index in [2.05, 4.69) is 19.1 Å². The van der Waals surface area contributed by atoms with Crippen molar-refractivity contribution < 1.29 is 0 Å². The lowest BCUT2D eigenvalue weighted by atomic mass is 10.3. The van der Waals surface area contributed by atoms with E-state index in [1.807, 2.05) is 0 Å². The molecule has 1 rings (SSSR count). The molecule has 0 bridgehead atoms. The third-order valence-corrected chi connectivity index (χ3v) is 1.25. The predicted octanol–water partition coefficient (Wildman–Crippen LogP) is 2.32. The van der Waals surface area contributed by atoms with Crippen molar-refractivity contribution in [1.29, 1.82) is 0 Å². The zero-order valence-electron chi connectivity index (χ0n) is 4.78. The lowest BCUT2D eigenvalue weighted by molar-refractivity contribution is 1.18. The molecule has 0 aromatic rings. The topological polar surface area (TPSA) is 0 Å².